The van der Waals surface area contributed by atoms with Gasteiger partial charge in [0.25, 0.3) is 0 Å². The lowest BCUT2D eigenvalue weighted by atomic mass is 9.82. The smallest absolute Gasteiger partial charge is 0.197 e. The molecule has 3 rings (SSSR count). The fourth-order valence-electron chi connectivity index (χ4n) is 2.79. The fourth-order valence-corrected chi connectivity index (χ4v) is 2.79. The number of nitrogens with zero attached hydrogens (tertiary/aromatic N) is 2. The number of hydrogen-bond donors (Lipinski definition) is 2. The molecule has 0 aliphatic heterocycles. The van der Waals surface area contributed by atoms with E-state index in [0.717, 1.165) is 37.0 Å². The lowest BCUT2D eigenvalue weighted by molar-refractivity contribution is 0.282. The third-order valence-corrected chi connectivity index (χ3v) is 3.72. The molecule has 0 aromatic carbocycles. The maximum atomic E-state index is 9.95. The molecule has 17 heavy (non-hydrogen) atoms. The van der Waals surface area contributed by atoms with E-state index in [-0.39, 0.29) is 11.4 Å². The standard InChI is InChI=1S/C13H17N3O/c14-13(7-2-1-3-8-13)12-15-9-10-5-4-6-11(17)16(10)12/h4-6,9,17H,1-3,7-8,14H2. The summed E-state index contributed by atoms with van der Waals surface area (Å²) in [7, 11) is 0. The molecule has 0 spiro atoms. The molecule has 1 aliphatic rings. The number of rotatable bonds is 1. The zero-order valence-electron chi connectivity index (χ0n) is 9.76. The van der Waals surface area contributed by atoms with Crippen molar-refractivity contribution in [3.05, 3.63) is 30.2 Å². The number of fused-ring (bicyclic) bond motifs is 1. The summed E-state index contributed by atoms with van der Waals surface area (Å²) in [5.74, 6) is 1.01. The van der Waals surface area contributed by atoms with Crippen LogP contribution in [0.2, 0.25) is 0 Å². The third kappa shape index (κ3) is 1.60. The minimum atomic E-state index is -0.385. The van der Waals surface area contributed by atoms with E-state index < -0.39 is 0 Å². The van der Waals surface area contributed by atoms with Gasteiger partial charge in [-0.1, -0.05) is 25.3 Å². The van der Waals surface area contributed by atoms with Gasteiger partial charge in [0.05, 0.1) is 17.3 Å². The Morgan fingerprint density at radius 3 is 2.76 bits per heavy atom. The summed E-state index contributed by atoms with van der Waals surface area (Å²) in [6.45, 7) is 0. The molecule has 1 saturated carbocycles. The fraction of sp³-hybridized carbons (Fsp3) is 0.462. The van der Waals surface area contributed by atoms with E-state index in [9.17, 15) is 5.11 Å². The highest BCUT2D eigenvalue weighted by Gasteiger charge is 2.33. The molecule has 0 radical (unpaired) electrons. The van der Waals surface area contributed by atoms with Crippen LogP contribution in [0.1, 0.15) is 37.9 Å². The monoisotopic (exact) mass is 231 g/mol. The van der Waals surface area contributed by atoms with Gasteiger partial charge in [-0.05, 0) is 25.0 Å². The Labute approximate surface area is 100 Å². The largest absolute Gasteiger partial charge is 0.494 e. The Hall–Kier alpha value is -1.55. The lowest BCUT2D eigenvalue weighted by Crippen LogP contribution is -2.40. The zero-order chi connectivity index (χ0) is 11.9. The Kier molecular flexibility index (Phi) is 2.33. The van der Waals surface area contributed by atoms with E-state index in [0.29, 0.717) is 0 Å². The van der Waals surface area contributed by atoms with Crippen molar-refractivity contribution >= 4 is 5.52 Å². The van der Waals surface area contributed by atoms with Crippen molar-refractivity contribution in [3.63, 3.8) is 0 Å². The minimum absolute atomic E-state index is 0.213. The molecule has 2 aromatic heterocycles. The van der Waals surface area contributed by atoms with Gasteiger partial charge in [-0.25, -0.2) is 4.98 Å². The van der Waals surface area contributed by atoms with Crippen molar-refractivity contribution in [2.24, 2.45) is 5.73 Å². The maximum absolute atomic E-state index is 9.95. The van der Waals surface area contributed by atoms with Crippen LogP contribution in [0, 0.1) is 0 Å². The lowest BCUT2D eigenvalue weighted by Gasteiger charge is -2.32. The van der Waals surface area contributed by atoms with Crippen LogP contribution in [0.5, 0.6) is 5.88 Å². The second-order valence-electron chi connectivity index (χ2n) is 4.94. The predicted molar refractivity (Wildman–Crippen MR) is 65.8 cm³/mol. The molecular formula is C13H17N3O. The molecule has 0 bridgehead atoms. The van der Waals surface area contributed by atoms with Crippen LogP contribution in [0.4, 0.5) is 0 Å². The van der Waals surface area contributed by atoms with E-state index in [1.54, 1.807) is 16.7 Å². The van der Waals surface area contributed by atoms with Crippen molar-refractivity contribution in [3.8, 4) is 5.88 Å². The Balaban J connectivity index is 2.17. The van der Waals surface area contributed by atoms with Gasteiger partial charge in [-0.3, -0.25) is 4.40 Å². The summed E-state index contributed by atoms with van der Waals surface area (Å²) in [6, 6.07) is 5.42. The van der Waals surface area contributed by atoms with Crippen LogP contribution in [0.15, 0.2) is 24.4 Å². The highest BCUT2D eigenvalue weighted by atomic mass is 16.3. The zero-order valence-corrected chi connectivity index (χ0v) is 9.76. The molecule has 4 nitrogen and oxygen atoms in total. The van der Waals surface area contributed by atoms with E-state index >= 15 is 0 Å². The third-order valence-electron chi connectivity index (χ3n) is 3.72. The van der Waals surface area contributed by atoms with Gasteiger partial charge >= 0.3 is 0 Å². The number of aromatic hydroxyl groups is 1. The number of aromatic nitrogens is 2. The first-order chi connectivity index (χ1) is 8.21. The molecule has 1 aliphatic carbocycles. The number of hydrogen-bond acceptors (Lipinski definition) is 3. The number of pyridine rings is 1. The van der Waals surface area contributed by atoms with Gasteiger partial charge in [0.2, 0.25) is 0 Å². The average molecular weight is 231 g/mol. The summed E-state index contributed by atoms with van der Waals surface area (Å²) in [5, 5.41) is 9.95. The summed E-state index contributed by atoms with van der Waals surface area (Å²) >= 11 is 0. The second kappa shape index (κ2) is 3.74. The summed E-state index contributed by atoms with van der Waals surface area (Å²) in [4.78, 5) is 4.43. The molecule has 4 heteroatoms. The highest BCUT2D eigenvalue weighted by Crippen LogP contribution is 2.35. The van der Waals surface area contributed by atoms with Crippen molar-refractivity contribution in [1.29, 1.82) is 0 Å². The first-order valence-corrected chi connectivity index (χ1v) is 6.15. The summed E-state index contributed by atoms with van der Waals surface area (Å²) < 4.78 is 1.77. The second-order valence-corrected chi connectivity index (χ2v) is 4.94. The van der Waals surface area contributed by atoms with E-state index in [4.69, 9.17) is 5.73 Å². The molecule has 0 atom stereocenters. The highest BCUT2D eigenvalue weighted by molar-refractivity contribution is 5.49. The first-order valence-electron chi connectivity index (χ1n) is 6.15. The quantitative estimate of drug-likeness (QED) is 0.790. The molecule has 90 valence electrons. The van der Waals surface area contributed by atoms with Crippen molar-refractivity contribution in [2.75, 3.05) is 0 Å². The van der Waals surface area contributed by atoms with E-state index in [1.165, 1.54) is 6.42 Å². The number of imidazole rings is 1. The van der Waals surface area contributed by atoms with Gasteiger partial charge in [0, 0.05) is 0 Å². The minimum Gasteiger partial charge on any atom is -0.494 e. The predicted octanol–water partition coefficient (Wildman–Crippen LogP) is 2.16. The molecule has 1 fully saturated rings. The van der Waals surface area contributed by atoms with Crippen LogP contribution in [0.3, 0.4) is 0 Å². The first kappa shape index (κ1) is 10.6. The van der Waals surface area contributed by atoms with Gasteiger partial charge in [0.15, 0.2) is 5.88 Å². The van der Waals surface area contributed by atoms with Gasteiger partial charge in [0.1, 0.15) is 5.82 Å². The SMILES string of the molecule is NC1(c2ncc3cccc(O)n23)CCCCC1. The van der Waals surface area contributed by atoms with E-state index in [1.807, 2.05) is 12.1 Å². The van der Waals surface area contributed by atoms with E-state index in [2.05, 4.69) is 4.98 Å². The Bertz CT molecular complexity index is 541. The molecule has 2 aromatic rings. The molecule has 3 N–H and O–H groups in total. The van der Waals surface area contributed by atoms with Crippen molar-refractivity contribution < 1.29 is 5.11 Å². The van der Waals surface area contributed by atoms with Gasteiger partial charge in [-0.2, -0.15) is 0 Å². The Morgan fingerprint density at radius 2 is 2.00 bits per heavy atom. The number of nitrogens with two attached hydrogens (primary N) is 1. The van der Waals surface area contributed by atoms with Crippen LogP contribution in [-0.4, -0.2) is 14.5 Å². The van der Waals surface area contributed by atoms with Crippen molar-refractivity contribution in [1.82, 2.24) is 9.38 Å². The molecular weight excluding hydrogens is 214 g/mol. The summed E-state index contributed by atoms with van der Waals surface area (Å²) in [6.07, 6.45) is 7.19. The van der Waals surface area contributed by atoms with Gasteiger partial charge < -0.3 is 10.8 Å². The molecule has 0 amide bonds. The van der Waals surface area contributed by atoms with Gasteiger partial charge in [-0.15, -0.1) is 0 Å². The molecule has 0 saturated heterocycles. The topological polar surface area (TPSA) is 63.5 Å². The Morgan fingerprint density at radius 1 is 1.24 bits per heavy atom. The maximum Gasteiger partial charge on any atom is 0.197 e. The molecule has 0 unspecified atom stereocenters. The molecule has 2 heterocycles. The normalized spacial score (nSPS) is 19.6. The van der Waals surface area contributed by atoms with Crippen LogP contribution >= 0.6 is 0 Å². The van der Waals surface area contributed by atoms with Crippen LogP contribution in [-0.2, 0) is 5.54 Å². The average Bonchev–Trinajstić information content (AvgIpc) is 2.76. The van der Waals surface area contributed by atoms with Crippen LogP contribution in [0.25, 0.3) is 5.52 Å². The van der Waals surface area contributed by atoms with Crippen LogP contribution < -0.4 is 5.73 Å². The summed E-state index contributed by atoms with van der Waals surface area (Å²) in [5.41, 5.74) is 6.98. The van der Waals surface area contributed by atoms with Crippen molar-refractivity contribution in [2.45, 2.75) is 37.6 Å².